The summed E-state index contributed by atoms with van der Waals surface area (Å²) in [4.78, 5) is 5.11. The number of piperazine rings is 1. The van der Waals surface area contributed by atoms with E-state index in [4.69, 9.17) is 0 Å². The predicted molar refractivity (Wildman–Crippen MR) is 128 cm³/mol. The minimum atomic E-state index is 0.866. The lowest BCUT2D eigenvalue weighted by atomic mass is 10.1. The molecule has 1 aliphatic rings. The number of anilines is 1. The molecule has 1 saturated heterocycles. The Kier molecular flexibility index (Phi) is 5.28. The van der Waals surface area contributed by atoms with E-state index in [0.717, 1.165) is 45.0 Å². The Morgan fingerprint density at radius 2 is 1.61 bits per heavy atom. The fourth-order valence-electron chi connectivity index (χ4n) is 4.79. The Hall–Kier alpha value is -3.05. The van der Waals surface area contributed by atoms with Crippen molar-refractivity contribution < 1.29 is 0 Å². The van der Waals surface area contributed by atoms with Crippen LogP contribution in [0.15, 0.2) is 60.9 Å². The fraction of sp³-hybridized carbons (Fsp3) is 0.346. The van der Waals surface area contributed by atoms with Crippen LogP contribution in [0, 0.1) is 13.8 Å². The summed E-state index contributed by atoms with van der Waals surface area (Å²) in [5, 5.41) is 7.23. The van der Waals surface area contributed by atoms with Crippen LogP contribution in [0.3, 0.4) is 0 Å². The van der Waals surface area contributed by atoms with Gasteiger partial charge in [0, 0.05) is 79.9 Å². The standard InChI is InChI=1S/C26H31N5/c1-20-24(21(2)28(3)27-20)18-30-17-23-10-7-11-26(25(23)19-30)31-14-12-29(13-15-31)16-22-8-5-4-6-9-22/h4-11,17,19H,12-16,18H2,1-3H3. The minimum absolute atomic E-state index is 0.866. The lowest BCUT2D eigenvalue weighted by molar-refractivity contribution is 0.250. The molecule has 0 radical (unpaired) electrons. The van der Waals surface area contributed by atoms with Crippen LogP contribution < -0.4 is 4.90 Å². The zero-order chi connectivity index (χ0) is 21.4. The molecule has 0 bridgehead atoms. The second kappa shape index (κ2) is 8.23. The predicted octanol–water partition coefficient (Wildman–Crippen LogP) is 4.36. The summed E-state index contributed by atoms with van der Waals surface area (Å²) in [7, 11) is 2.02. The van der Waals surface area contributed by atoms with Crippen LogP contribution in [-0.4, -0.2) is 45.4 Å². The number of benzene rings is 2. The molecule has 1 aliphatic heterocycles. The quantitative estimate of drug-likeness (QED) is 0.487. The Bertz CT molecular complexity index is 1180. The van der Waals surface area contributed by atoms with Crippen LogP contribution in [0.5, 0.6) is 0 Å². The molecule has 4 aromatic rings. The Morgan fingerprint density at radius 1 is 0.839 bits per heavy atom. The molecule has 0 saturated carbocycles. The van der Waals surface area contributed by atoms with E-state index in [-0.39, 0.29) is 0 Å². The number of hydrogen-bond acceptors (Lipinski definition) is 3. The van der Waals surface area contributed by atoms with Gasteiger partial charge in [0.1, 0.15) is 0 Å². The van der Waals surface area contributed by atoms with Crippen molar-refractivity contribution in [2.24, 2.45) is 7.05 Å². The molecule has 0 amide bonds. The second-order valence-corrected chi connectivity index (χ2v) is 8.73. The molecule has 5 rings (SSSR count). The van der Waals surface area contributed by atoms with E-state index in [9.17, 15) is 0 Å². The maximum Gasteiger partial charge on any atom is 0.0646 e. The van der Waals surface area contributed by atoms with Crippen molar-refractivity contribution in [3.63, 3.8) is 0 Å². The zero-order valence-corrected chi connectivity index (χ0v) is 18.8. The van der Waals surface area contributed by atoms with Crippen LogP contribution in [0.4, 0.5) is 5.69 Å². The van der Waals surface area contributed by atoms with Gasteiger partial charge in [-0.1, -0.05) is 42.5 Å². The van der Waals surface area contributed by atoms with Crippen molar-refractivity contribution in [2.75, 3.05) is 31.1 Å². The van der Waals surface area contributed by atoms with Crippen molar-refractivity contribution in [1.29, 1.82) is 0 Å². The first-order chi connectivity index (χ1) is 15.1. The van der Waals surface area contributed by atoms with E-state index >= 15 is 0 Å². The molecule has 0 unspecified atom stereocenters. The van der Waals surface area contributed by atoms with Gasteiger partial charge in [-0.3, -0.25) is 9.58 Å². The van der Waals surface area contributed by atoms with Gasteiger partial charge in [0.05, 0.1) is 12.2 Å². The van der Waals surface area contributed by atoms with Crippen molar-refractivity contribution >= 4 is 16.5 Å². The van der Waals surface area contributed by atoms with Crippen molar-refractivity contribution in [3.8, 4) is 0 Å². The molecule has 1 fully saturated rings. The highest BCUT2D eigenvalue weighted by Gasteiger charge is 2.19. The van der Waals surface area contributed by atoms with E-state index in [0.29, 0.717) is 0 Å². The van der Waals surface area contributed by atoms with Crippen LogP contribution in [0.1, 0.15) is 22.5 Å². The summed E-state index contributed by atoms with van der Waals surface area (Å²) < 4.78 is 4.30. The molecule has 0 atom stereocenters. The third-order valence-corrected chi connectivity index (χ3v) is 6.68. The van der Waals surface area contributed by atoms with Crippen molar-refractivity contribution in [1.82, 2.24) is 19.2 Å². The van der Waals surface area contributed by atoms with Gasteiger partial charge < -0.3 is 9.47 Å². The molecule has 5 nitrogen and oxygen atoms in total. The molecule has 2 aromatic heterocycles. The van der Waals surface area contributed by atoms with E-state index in [1.807, 2.05) is 11.7 Å². The molecule has 31 heavy (non-hydrogen) atoms. The highest BCUT2D eigenvalue weighted by atomic mass is 15.3. The minimum Gasteiger partial charge on any atom is -0.368 e. The number of nitrogens with zero attached hydrogens (tertiary/aromatic N) is 5. The van der Waals surface area contributed by atoms with Crippen molar-refractivity contribution in [3.05, 3.63) is 83.4 Å². The van der Waals surface area contributed by atoms with Crippen molar-refractivity contribution in [2.45, 2.75) is 26.9 Å². The molecule has 0 spiro atoms. The Labute approximate surface area is 184 Å². The topological polar surface area (TPSA) is 29.2 Å². The van der Waals surface area contributed by atoms with Gasteiger partial charge in [-0.2, -0.15) is 5.10 Å². The zero-order valence-electron chi connectivity index (χ0n) is 18.8. The van der Waals surface area contributed by atoms with Gasteiger partial charge in [0.2, 0.25) is 0 Å². The summed E-state index contributed by atoms with van der Waals surface area (Å²) in [5.74, 6) is 0. The smallest absolute Gasteiger partial charge is 0.0646 e. The monoisotopic (exact) mass is 413 g/mol. The molecule has 3 heterocycles. The molecule has 5 heteroatoms. The highest BCUT2D eigenvalue weighted by molar-refractivity contribution is 5.94. The van der Waals surface area contributed by atoms with Gasteiger partial charge in [-0.15, -0.1) is 0 Å². The van der Waals surface area contributed by atoms with Gasteiger partial charge in [0.15, 0.2) is 0 Å². The summed E-state index contributed by atoms with van der Waals surface area (Å²) in [6.07, 6.45) is 4.59. The molecule has 160 valence electrons. The average Bonchev–Trinajstić information content (AvgIpc) is 3.30. The van der Waals surface area contributed by atoms with E-state index < -0.39 is 0 Å². The highest BCUT2D eigenvalue weighted by Crippen LogP contribution is 2.29. The summed E-state index contributed by atoms with van der Waals surface area (Å²) in [5.41, 5.74) is 6.43. The molecular formula is C26H31N5. The maximum absolute atomic E-state index is 4.58. The number of rotatable bonds is 5. The summed E-state index contributed by atoms with van der Waals surface area (Å²) in [6, 6.07) is 17.5. The van der Waals surface area contributed by atoms with Crippen LogP contribution in [0.25, 0.3) is 10.8 Å². The molecular weight excluding hydrogens is 382 g/mol. The summed E-state index contributed by atoms with van der Waals surface area (Å²) >= 11 is 0. The third-order valence-electron chi connectivity index (χ3n) is 6.68. The second-order valence-electron chi connectivity index (χ2n) is 8.73. The summed E-state index contributed by atoms with van der Waals surface area (Å²) in [6.45, 7) is 10.5. The van der Waals surface area contributed by atoms with Gasteiger partial charge >= 0.3 is 0 Å². The van der Waals surface area contributed by atoms with Crippen LogP contribution in [-0.2, 0) is 20.1 Å². The SMILES string of the molecule is Cc1nn(C)c(C)c1Cn1cc2cccc(N3CCN(Cc4ccccc4)CC3)c2c1. The normalized spacial score (nSPS) is 15.1. The van der Waals surface area contributed by atoms with Gasteiger partial charge in [0.25, 0.3) is 0 Å². The fourth-order valence-corrected chi connectivity index (χ4v) is 4.79. The third kappa shape index (κ3) is 3.98. The average molecular weight is 414 g/mol. The van der Waals surface area contributed by atoms with E-state index in [1.165, 1.54) is 33.3 Å². The number of aromatic nitrogens is 3. The van der Waals surface area contributed by atoms with Crippen LogP contribution >= 0.6 is 0 Å². The number of aryl methyl sites for hydroxylation is 2. The molecule has 0 aliphatic carbocycles. The van der Waals surface area contributed by atoms with Gasteiger partial charge in [-0.25, -0.2) is 0 Å². The first-order valence-electron chi connectivity index (χ1n) is 11.2. The molecule has 2 aromatic carbocycles. The first-order valence-corrected chi connectivity index (χ1v) is 11.2. The number of hydrogen-bond donors (Lipinski definition) is 0. The van der Waals surface area contributed by atoms with E-state index in [1.54, 1.807) is 0 Å². The lowest BCUT2D eigenvalue weighted by Crippen LogP contribution is -2.46. The van der Waals surface area contributed by atoms with E-state index in [2.05, 4.69) is 94.2 Å². The van der Waals surface area contributed by atoms with Crippen LogP contribution in [0.2, 0.25) is 0 Å². The molecule has 0 N–H and O–H groups in total. The number of fused-ring (bicyclic) bond motifs is 1. The Morgan fingerprint density at radius 3 is 2.32 bits per heavy atom. The lowest BCUT2D eigenvalue weighted by Gasteiger charge is -2.36. The maximum atomic E-state index is 4.58. The largest absolute Gasteiger partial charge is 0.368 e. The Balaban J connectivity index is 1.33. The first kappa shape index (κ1) is 19.9. The van der Waals surface area contributed by atoms with Gasteiger partial charge in [-0.05, 0) is 25.5 Å².